The molecule has 1 amide bonds. The molecule has 108 valence electrons. The third kappa shape index (κ3) is 4.03. The Kier molecular flexibility index (Phi) is 4.55. The Morgan fingerprint density at radius 1 is 1.14 bits per heavy atom. The molecule has 0 atom stereocenters. The van der Waals surface area contributed by atoms with Crippen molar-refractivity contribution in [3.05, 3.63) is 58.9 Å². The predicted molar refractivity (Wildman–Crippen MR) is 77.1 cm³/mol. The monoisotopic (exact) mass is 307 g/mol. The van der Waals surface area contributed by atoms with E-state index < -0.39 is 11.8 Å². The number of hydrogen-bond donors (Lipinski definition) is 1. The van der Waals surface area contributed by atoms with Crippen molar-refractivity contribution >= 4 is 29.2 Å². The highest BCUT2D eigenvalue weighted by Crippen LogP contribution is 2.21. The fraction of sp³-hybridized carbons (Fsp3) is 0.0667. The molecule has 6 heteroatoms. The second-order valence-electron chi connectivity index (χ2n) is 4.22. The van der Waals surface area contributed by atoms with E-state index >= 15 is 0 Å². The quantitative estimate of drug-likeness (QED) is 0.695. The van der Waals surface area contributed by atoms with E-state index in [1.165, 1.54) is 25.1 Å². The van der Waals surface area contributed by atoms with Crippen LogP contribution in [0, 0.1) is 5.82 Å². The van der Waals surface area contributed by atoms with E-state index in [0.717, 1.165) is 12.1 Å². The Balaban J connectivity index is 2.10. The van der Waals surface area contributed by atoms with Crippen molar-refractivity contribution in [3.63, 3.8) is 0 Å². The van der Waals surface area contributed by atoms with Gasteiger partial charge in [-0.1, -0.05) is 11.6 Å². The summed E-state index contributed by atoms with van der Waals surface area (Å²) in [6.07, 6.45) is 0. The molecule has 2 rings (SSSR count). The van der Waals surface area contributed by atoms with Gasteiger partial charge in [0, 0.05) is 12.6 Å². The number of nitrogens with one attached hydrogen (secondary N) is 1. The Labute approximate surface area is 125 Å². The van der Waals surface area contributed by atoms with Gasteiger partial charge in [-0.05, 0) is 42.5 Å². The summed E-state index contributed by atoms with van der Waals surface area (Å²) < 4.78 is 18.0. The van der Waals surface area contributed by atoms with Crippen molar-refractivity contribution in [1.29, 1.82) is 0 Å². The van der Waals surface area contributed by atoms with Crippen molar-refractivity contribution in [2.24, 2.45) is 0 Å². The van der Waals surface area contributed by atoms with Crippen LogP contribution < -0.4 is 10.1 Å². The van der Waals surface area contributed by atoms with Crippen LogP contribution in [-0.4, -0.2) is 11.9 Å². The molecule has 0 saturated carbocycles. The highest BCUT2D eigenvalue weighted by molar-refractivity contribution is 6.33. The fourth-order valence-electron chi connectivity index (χ4n) is 1.63. The first kappa shape index (κ1) is 15.0. The maximum Gasteiger partial charge on any atom is 0.345 e. The lowest BCUT2D eigenvalue weighted by atomic mass is 10.2. The zero-order valence-corrected chi connectivity index (χ0v) is 11.8. The molecule has 0 spiro atoms. The van der Waals surface area contributed by atoms with Gasteiger partial charge in [-0.15, -0.1) is 0 Å². The van der Waals surface area contributed by atoms with E-state index in [-0.39, 0.29) is 22.2 Å². The van der Waals surface area contributed by atoms with Crippen molar-refractivity contribution in [3.8, 4) is 5.75 Å². The number of anilines is 1. The van der Waals surface area contributed by atoms with Gasteiger partial charge < -0.3 is 10.1 Å². The van der Waals surface area contributed by atoms with Gasteiger partial charge in [0.15, 0.2) is 0 Å². The van der Waals surface area contributed by atoms with E-state index in [1.54, 1.807) is 12.1 Å². The summed E-state index contributed by atoms with van der Waals surface area (Å²) >= 11 is 5.78. The minimum Gasteiger partial charge on any atom is -0.423 e. The van der Waals surface area contributed by atoms with E-state index in [1.807, 2.05) is 0 Å². The summed E-state index contributed by atoms with van der Waals surface area (Å²) in [5.41, 5.74) is 0.658. The zero-order valence-electron chi connectivity index (χ0n) is 11.0. The molecule has 0 aliphatic carbocycles. The molecular formula is C15H11ClFNO3. The van der Waals surface area contributed by atoms with Crippen LogP contribution in [0.4, 0.5) is 10.1 Å². The zero-order chi connectivity index (χ0) is 15.4. The van der Waals surface area contributed by atoms with Crippen LogP contribution >= 0.6 is 11.6 Å². The van der Waals surface area contributed by atoms with Gasteiger partial charge in [0.1, 0.15) is 11.6 Å². The van der Waals surface area contributed by atoms with Crippen LogP contribution in [0.5, 0.6) is 5.75 Å². The molecule has 0 radical (unpaired) electrons. The van der Waals surface area contributed by atoms with Crippen LogP contribution in [0.1, 0.15) is 17.3 Å². The third-order valence-corrected chi connectivity index (χ3v) is 2.85. The Morgan fingerprint density at radius 3 is 2.38 bits per heavy atom. The predicted octanol–water partition coefficient (Wildman–Crippen LogP) is 3.66. The summed E-state index contributed by atoms with van der Waals surface area (Å²) in [5.74, 6) is -1.13. The average molecular weight is 308 g/mol. The Bertz CT molecular complexity index is 686. The number of hydrogen-bond acceptors (Lipinski definition) is 3. The molecule has 4 nitrogen and oxygen atoms in total. The minimum atomic E-state index is -0.688. The second-order valence-corrected chi connectivity index (χ2v) is 4.63. The van der Waals surface area contributed by atoms with Gasteiger partial charge in [0.25, 0.3) is 0 Å². The minimum absolute atomic E-state index is 0.0186. The molecule has 0 fully saturated rings. The number of esters is 1. The number of benzene rings is 2. The maximum atomic E-state index is 12.9. The number of rotatable bonds is 3. The molecule has 0 aromatic heterocycles. The maximum absolute atomic E-state index is 12.9. The second kappa shape index (κ2) is 6.37. The normalized spacial score (nSPS) is 10.0. The summed E-state index contributed by atoms with van der Waals surface area (Å²) in [6.45, 7) is 1.39. The molecule has 0 unspecified atom stereocenters. The smallest absolute Gasteiger partial charge is 0.345 e. The molecule has 21 heavy (non-hydrogen) atoms. The molecule has 2 aromatic carbocycles. The number of carbonyl (C=O) groups excluding carboxylic acids is 2. The summed E-state index contributed by atoms with van der Waals surface area (Å²) in [6, 6.07) is 9.67. The van der Waals surface area contributed by atoms with Crippen LogP contribution in [0.3, 0.4) is 0 Å². The van der Waals surface area contributed by atoms with Gasteiger partial charge >= 0.3 is 5.97 Å². The lowest BCUT2D eigenvalue weighted by Gasteiger charge is -2.07. The molecule has 0 aliphatic heterocycles. The van der Waals surface area contributed by atoms with Gasteiger partial charge in [-0.2, -0.15) is 0 Å². The Morgan fingerprint density at radius 2 is 1.81 bits per heavy atom. The van der Waals surface area contributed by atoms with Crippen molar-refractivity contribution in [1.82, 2.24) is 0 Å². The molecule has 0 saturated heterocycles. The number of ether oxygens (including phenoxy) is 1. The topological polar surface area (TPSA) is 55.4 Å². The van der Waals surface area contributed by atoms with Gasteiger partial charge in [-0.25, -0.2) is 9.18 Å². The van der Waals surface area contributed by atoms with Crippen molar-refractivity contribution in [2.45, 2.75) is 6.92 Å². The summed E-state index contributed by atoms with van der Waals surface area (Å²) in [5, 5.41) is 2.57. The molecule has 0 bridgehead atoms. The van der Waals surface area contributed by atoms with Crippen LogP contribution in [0.2, 0.25) is 5.02 Å². The average Bonchev–Trinajstić information content (AvgIpc) is 2.40. The van der Waals surface area contributed by atoms with Crippen LogP contribution in [0.25, 0.3) is 0 Å². The van der Waals surface area contributed by atoms with Crippen molar-refractivity contribution in [2.75, 3.05) is 5.32 Å². The standard InChI is InChI=1S/C15H11ClFNO3/c1-9(19)18-11-3-5-12(6-4-11)21-15(20)13-7-2-10(17)8-14(13)16/h2-8H,1H3,(H,18,19). The first-order valence-corrected chi connectivity index (χ1v) is 6.38. The van der Waals surface area contributed by atoms with Gasteiger partial charge in [-0.3, -0.25) is 4.79 Å². The molecule has 2 aromatic rings. The first-order chi connectivity index (χ1) is 9.95. The molecular weight excluding hydrogens is 297 g/mol. The van der Waals surface area contributed by atoms with E-state index in [2.05, 4.69) is 5.32 Å². The van der Waals surface area contributed by atoms with Gasteiger partial charge in [0.2, 0.25) is 5.91 Å². The van der Waals surface area contributed by atoms with Crippen molar-refractivity contribution < 1.29 is 18.7 Å². The Hall–Kier alpha value is -2.40. The fourth-order valence-corrected chi connectivity index (χ4v) is 1.87. The largest absolute Gasteiger partial charge is 0.423 e. The third-order valence-electron chi connectivity index (χ3n) is 2.54. The lowest BCUT2D eigenvalue weighted by Crippen LogP contribution is -2.09. The van der Waals surface area contributed by atoms with Crippen LogP contribution in [-0.2, 0) is 4.79 Å². The van der Waals surface area contributed by atoms with E-state index in [0.29, 0.717) is 5.69 Å². The number of amides is 1. The van der Waals surface area contributed by atoms with E-state index in [9.17, 15) is 14.0 Å². The highest BCUT2D eigenvalue weighted by Gasteiger charge is 2.13. The lowest BCUT2D eigenvalue weighted by molar-refractivity contribution is -0.114. The SMILES string of the molecule is CC(=O)Nc1ccc(OC(=O)c2ccc(F)cc2Cl)cc1. The van der Waals surface area contributed by atoms with E-state index in [4.69, 9.17) is 16.3 Å². The van der Waals surface area contributed by atoms with Crippen LogP contribution in [0.15, 0.2) is 42.5 Å². The number of carbonyl (C=O) groups is 2. The molecule has 0 aliphatic rings. The first-order valence-electron chi connectivity index (χ1n) is 6.00. The number of halogens is 2. The molecule has 1 N–H and O–H groups in total. The summed E-state index contributed by atoms with van der Waals surface area (Å²) in [4.78, 5) is 22.8. The highest BCUT2D eigenvalue weighted by atomic mass is 35.5. The van der Waals surface area contributed by atoms with Gasteiger partial charge in [0.05, 0.1) is 10.6 Å². The summed E-state index contributed by atoms with van der Waals surface area (Å²) in [7, 11) is 0. The molecule has 0 heterocycles.